The van der Waals surface area contributed by atoms with Crippen LogP contribution in [-0.2, 0) is 0 Å². The number of hydrogen-bond donors (Lipinski definition) is 2. The summed E-state index contributed by atoms with van der Waals surface area (Å²) < 4.78 is 16.5. The van der Waals surface area contributed by atoms with Gasteiger partial charge in [0.05, 0.1) is 15.9 Å². The van der Waals surface area contributed by atoms with Crippen molar-refractivity contribution in [2.75, 3.05) is 6.61 Å². The minimum Gasteiger partial charge on any atom is -0.396 e. The average Bonchev–Trinajstić information content (AvgIpc) is 2.79. The van der Waals surface area contributed by atoms with Crippen molar-refractivity contribution in [3.63, 3.8) is 0 Å². The van der Waals surface area contributed by atoms with Crippen LogP contribution in [0.2, 0.25) is 0 Å². The van der Waals surface area contributed by atoms with Crippen molar-refractivity contribution in [3.05, 3.63) is 22.2 Å². The molecule has 0 bridgehead atoms. The van der Waals surface area contributed by atoms with Crippen LogP contribution in [0.5, 0.6) is 0 Å². The summed E-state index contributed by atoms with van der Waals surface area (Å²) in [6, 6.07) is 0. The van der Waals surface area contributed by atoms with Gasteiger partial charge in [-0.05, 0) is 53.5 Å². The predicted molar refractivity (Wildman–Crippen MR) is 116 cm³/mol. The molecule has 3 saturated carbocycles. The summed E-state index contributed by atoms with van der Waals surface area (Å²) in [5.41, 5.74) is -1.41. The van der Waals surface area contributed by atoms with Crippen LogP contribution in [0, 0.1) is 28.6 Å². The van der Waals surface area contributed by atoms with E-state index in [4.69, 9.17) is 23.2 Å². The Hall–Kier alpha value is 0.390. The summed E-state index contributed by atoms with van der Waals surface area (Å²) in [5.74, 6) is -0.0661. The van der Waals surface area contributed by atoms with E-state index in [1.807, 2.05) is 19.9 Å². The van der Waals surface area contributed by atoms with E-state index in [1.54, 1.807) is 0 Å². The van der Waals surface area contributed by atoms with Crippen molar-refractivity contribution in [2.45, 2.75) is 74.9 Å². The lowest BCUT2D eigenvalue weighted by Crippen LogP contribution is -2.68. The van der Waals surface area contributed by atoms with Gasteiger partial charge in [0.15, 0.2) is 0 Å². The lowest BCUT2D eigenvalue weighted by Gasteiger charge is -2.64. The number of halogens is 4. The van der Waals surface area contributed by atoms with E-state index in [0.717, 1.165) is 16.5 Å². The van der Waals surface area contributed by atoms with Gasteiger partial charge < -0.3 is 10.2 Å². The van der Waals surface area contributed by atoms with Gasteiger partial charge in [-0.1, -0.05) is 48.9 Å². The van der Waals surface area contributed by atoms with Crippen LogP contribution in [0.25, 0.3) is 0 Å². The standard InChI is InChI=1S/C22H30BrCl2FO2/c1-12-8-15-16-9-17(26)14-5-4-13(23)10-20(14,3)22(16,25)18(24)11-19(15,2)21(12,28)6-7-27/h5,10,12,15-18,27-28H,4,6-9,11H2,1-3H3/t12?,15-,16-,17?,18?,19-,20-,21+,22-/m0/s1. The average molecular weight is 496 g/mol. The predicted octanol–water partition coefficient (Wildman–Crippen LogP) is 5.72. The Bertz CT molecular complexity index is 744. The second-order valence-electron chi connectivity index (χ2n) is 9.97. The molecule has 9 atom stereocenters. The maximum absolute atomic E-state index is 15.5. The molecule has 0 heterocycles. The van der Waals surface area contributed by atoms with E-state index in [1.165, 1.54) is 0 Å². The summed E-state index contributed by atoms with van der Waals surface area (Å²) in [7, 11) is 0. The molecule has 2 nitrogen and oxygen atoms in total. The Labute approximate surface area is 185 Å². The Balaban J connectivity index is 1.85. The highest BCUT2D eigenvalue weighted by Crippen LogP contribution is 2.73. The molecule has 0 spiro atoms. The fraction of sp³-hybridized carbons (Fsp3) is 0.818. The maximum atomic E-state index is 15.5. The summed E-state index contributed by atoms with van der Waals surface area (Å²) in [5, 5.41) is 20.8. The first-order valence-electron chi connectivity index (χ1n) is 10.3. The van der Waals surface area contributed by atoms with E-state index in [0.29, 0.717) is 25.7 Å². The molecule has 0 saturated heterocycles. The minimum absolute atomic E-state index is 0.00831. The smallest absolute Gasteiger partial charge is 0.122 e. The van der Waals surface area contributed by atoms with Crippen molar-refractivity contribution in [1.29, 1.82) is 0 Å². The Morgan fingerprint density at radius 2 is 1.96 bits per heavy atom. The molecule has 0 aromatic rings. The molecule has 0 aliphatic heterocycles. The summed E-state index contributed by atoms with van der Waals surface area (Å²) in [6.45, 7) is 6.08. The monoisotopic (exact) mass is 494 g/mol. The van der Waals surface area contributed by atoms with Crippen LogP contribution in [0.3, 0.4) is 0 Å². The molecule has 28 heavy (non-hydrogen) atoms. The molecule has 0 amide bonds. The third-order valence-electron chi connectivity index (χ3n) is 8.96. The Morgan fingerprint density at radius 1 is 1.29 bits per heavy atom. The van der Waals surface area contributed by atoms with Crippen LogP contribution in [0.1, 0.15) is 52.9 Å². The normalized spacial score (nSPS) is 55.7. The van der Waals surface area contributed by atoms with E-state index >= 15 is 4.39 Å². The lowest BCUT2D eigenvalue weighted by atomic mass is 9.46. The van der Waals surface area contributed by atoms with Gasteiger partial charge >= 0.3 is 0 Å². The van der Waals surface area contributed by atoms with Gasteiger partial charge in [-0.25, -0.2) is 4.39 Å². The highest BCUT2D eigenvalue weighted by atomic mass is 79.9. The van der Waals surface area contributed by atoms with Gasteiger partial charge in [-0.2, -0.15) is 0 Å². The lowest BCUT2D eigenvalue weighted by molar-refractivity contribution is -0.138. The molecule has 6 heteroatoms. The number of aliphatic hydroxyl groups excluding tert-OH is 1. The van der Waals surface area contributed by atoms with Crippen molar-refractivity contribution >= 4 is 39.1 Å². The van der Waals surface area contributed by atoms with Crippen LogP contribution >= 0.6 is 39.1 Å². The quantitative estimate of drug-likeness (QED) is 0.379. The van der Waals surface area contributed by atoms with Crippen molar-refractivity contribution in [1.82, 2.24) is 0 Å². The Kier molecular flexibility index (Phi) is 5.17. The molecular weight excluding hydrogens is 466 g/mol. The van der Waals surface area contributed by atoms with Crippen molar-refractivity contribution in [3.8, 4) is 0 Å². The first-order valence-corrected chi connectivity index (χ1v) is 11.9. The summed E-state index contributed by atoms with van der Waals surface area (Å²) >= 11 is 18.2. The topological polar surface area (TPSA) is 40.5 Å². The molecule has 3 fully saturated rings. The third kappa shape index (κ3) is 2.45. The zero-order chi connectivity index (χ0) is 20.7. The van der Waals surface area contributed by atoms with Gasteiger partial charge in [0.25, 0.3) is 0 Å². The molecule has 2 N–H and O–H groups in total. The van der Waals surface area contributed by atoms with E-state index < -0.39 is 32.9 Å². The summed E-state index contributed by atoms with van der Waals surface area (Å²) in [4.78, 5) is -0.809. The van der Waals surface area contributed by atoms with Gasteiger partial charge in [0.2, 0.25) is 0 Å². The highest BCUT2D eigenvalue weighted by Gasteiger charge is 2.73. The molecular formula is C22H30BrCl2FO2. The molecule has 3 unspecified atom stereocenters. The summed E-state index contributed by atoms with van der Waals surface area (Å²) in [6.07, 6.45) is 5.70. The number of fused-ring (bicyclic) bond motifs is 5. The fourth-order valence-corrected chi connectivity index (χ4v) is 9.27. The van der Waals surface area contributed by atoms with E-state index in [-0.39, 0.29) is 24.4 Å². The number of allylic oxidation sites excluding steroid dienone is 4. The number of rotatable bonds is 2. The SMILES string of the molecule is CC1C[C@H]2[C@@H]3CC(F)C4=CCC(Br)=C[C@]4(C)[C@@]3(Cl)C(Cl)C[C@]2(C)[C@@]1(O)CCO. The number of hydrogen-bond acceptors (Lipinski definition) is 2. The maximum Gasteiger partial charge on any atom is 0.122 e. The van der Waals surface area contributed by atoms with Gasteiger partial charge in [-0.3, -0.25) is 0 Å². The molecule has 0 radical (unpaired) electrons. The highest BCUT2D eigenvalue weighted by molar-refractivity contribution is 9.11. The molecule has 0 aromatic carbocycles. The van der Waals surface area contributed by atoms with E-state index in [2.05, 4.69) is 28.9 Å². The molecule has 158 valence electrons. The van der Waals surface area contributed by atoms with Crippen LogP contribution in [0.15, 0.2) is 22.2 Å². The second-order valence-corrected chi connectivity index (χ2v) is 12.1. The van der Waals surface area contributed by atoms with Crippen LogP contribution in [-0.4, -0.2) is 38.8 Å². The minimum atomic E-state index is -1.05. The number of aliphatic hydroxyl groups is 2. The van der Waals surface area contributed by atoms with Gasteiger partial charge in [0, 0.05) is 23.9 Å². The van der Waals surface area contributed by atoms with Crippen LogP contribution in [0.4, 0.5) is 4.39 Å². The van der Waals surface area contributed by atoms with Gasteiger partial charge in [0.1, 0.15) is 6.17 Å². The van der Waals surface area contributed by atoms with Crippen molar-refractivity contribution in [2.24, 2.45) is 28.6 Å². The first kappa shape index (κ1) is 21.6. The fourth-order valence-electron chi connectivity index (χ4n) is 7.46. The Morgan fingerprint density at radius 3 is 2.61 bits per heavy atom. The van der Waals surface area contributed by atoms with E-state index in [9.17, 15) is 10.2 Å². The zero-order valence-corrected chi connectivity index (χ0v) is 19.8. The second kappa shape index (κ2) is 6.69. The van der Waals surface area contributed by atoms with Crippen LogP contribution < -0.4 is 0 Å². The first-order chi connectivity index (χ1) is 13.0. The molecule has 4 aliphatic carbocycles. The molecule has 4 aliphatic rings. The largest absolute Gasteiger partial charge is 0.396 e. The molecule has 0 aromatic heterocycles. The zero-order valence-electron chi connectivity index (χ0n) is 16.7. The molecule has 4 rings (SSSR count). The van der Waals surface area contributed by atoms with Crippen molar-refractivity contribution < 1.29 is 14.6 Å². The third-order valence-corrected chi connectivity index (χ3v) is 11.1. The van der Waals surface area contributed by atoms with Gasteiger partial charge in [-0.15, -0.1) is 23.2 Å². The number of alkyl halides is 3.